The van der Waals surface area contributed by atoms with Crippen molar-refractivity contribution < 1.29 is 9.59 Å². The Hall–Kier alpha value is -1.10. The van der Waals surface area contributed by atoms with Crippen LogP contribution in [0.2, 0.25) is 0 Å². The van der Waals surface area contributed by atoms with Crippen molar-refractivity contribution in [2.45, 2.75) is 38.8 Å². The maximum atomic E-state index is 11.3. The molecule has 86 valence electrons. The van der Waals surface area contributed by atoms with E-state index in [1.165, 1.54) is 0 Å². The van der Waals surface area contributed by atoms with Gasteiger partial charge in [-0.15, -0.1) is 0 Å². The van der Waals surface area contributed by atoms with E-state index in [1.54, 1.807) is 18.7 Å². The summed E-state index contributed by atoms with van der Waals surface area (Å²) in [5, 5.41) is 2.88. The summed E-state index contributed by atoms with van der Waals surface area (Å²) >= 11 is 0. The second-order valence-corrected chi connectivity index (χ2v) is 4.08. The number of nitrogens with one attached hydrogen (secondary N) is 1. The normalized spacial score (nSPS) is 19.8. The second-order valence-electron chi connectivity index (χ2n) is 4.08. The van der Waals surface area contributed by atoms with Crippen LogP contribution in [0.15, 0.2) is 0 Å². The number of carbonyl (C=O) groups excluding carboxylic acids is 2. The van der Waals surface area contributed by atoms with E-state index in [1.807, 2.05) is 0 Å². The highest BCUT2D eigenvalue weighted by atomic mass is 16.2. The maximum absolute atomic E-state index is 11.3. The van der Waals surface area contributed by atoms with Gasteiger partial charge in [-0.1, -0.05) is 0 Å². The Labute approximate surface area is 90.0 Å². The lowest BCUT2D eigenvalue weighted by Gasteiger charge is -2.32. The van der Waals surface area contributed by atoms with Crippen molar-refractivity contribution in [3.8, 4) is 0 Å². The van der Waals surface area contributed by atoms with E-state index in [2.05, 4.69) is 5.32 Å². The minimum absolute atomic E-state index is 0.104. The number of likely N-dealkylation sites (tertiary alicyclic amines) is 1. The molecule has 0 aromatic heterocycles. The fourth-order valence-corrected chi connectivity index (χ4v) is 1.67. The van der Waals surface area contributed by atoms with Crippen LogP contribution >= 0.6 is 0 Å². The van der Waals surface area contributed by atoms with E-state index in [0.717, 1.165) is 25.9 Å². The summed E-state index contributed by atoms with van der Waals surface area (Å²) in [4.78, 5) is 24.2. The van der Waals surface area contributed by atoms with Gasteiger partial charge in [0, 0.05) is 26.1 Å². The van der Waals surface area contributed by atoms with E-state index in [9.17, 15) is 9.59 Å². The van der Waals surface area contributed by atoms with Crippen LogP contribution in [0.1, 0.15) is 26.7 Å². The van der Waals surface area contributed by atoms with E-state index in [0.29, 0.717) is 0 Å². The lowest BCUT2D eigenvalue weighted by atomic mass is 10.0. The number of hydrogen-bond acceptors (Lipinski definition) is 3. The van der Waals surface area contributed by atoms with Crippen LogP contribution in [-0.2, 0) is 9.59 Å². The Bertz CT molecular complexity index is 245. The van der Waals surface area contributed by atoms with Crippen LogP contribution < -0.4 is 11.1 Å². The van der Waals surface area contributed by atoms with Crippen molar-refractivity contribution in [2.75, 3.05) is 13.1 Å². The first kappa shape index (κ1) is 12.0. The third-order valence-corrected chi connectivity index (χ3v) is 2.70. The molecule has 0 aliphatic carbocycles. The first-order valence-corrected chi connectivity index (χ1v) is 5.32. The molecule has 2 amide bonds. The summed E-state index contributed by atoms with van der Waals surface area (Å²) in [6.07, 6.45) is 1.64. The Morgan fingerprint density at radius 2 is 1.93 bits per heavy atom. The lowest BCUT2D eigenvalue weighted by Crippen LogP contribution is -2.49. The summed E-state index contributed by atoms with van der Waals surface area (Å²) in [6, 6.07) is -0.296. The van der Waals surface area contributed by atoms with Crippen molar-refractivity contribution >= 4 is 11.8 Å². The Kier molecular flexibility index (Phi) is 4.08. The van der Waals surface area contributed by atoms with Crippen LogP contribution in [0.5, 0.6) is 0 Å². The van der Waals surface area contributed by atoms with Gasteiger partial charge >= 0.3 is 0 Å². The van der Waals surface area contributed by atoms with Gasteiger partial charge in [-0.05, 0) is 19.8 Å². The molecule has 3 N–H and O–H groups in total. The van der Waals surface area contributed by atoms with E-state index in [-0.39, 0.29) is 17.9 Å². The molecule has 1 rings (SSSR count). The molecule has 1 saturated heterocycles. The van der Waals surface area contributed by atoms with Gasteiger partial charge in [0.2, 0.25) is 11.8 Å². The molecular formula is C10H19N3O2. The Morgan fingerprint density at radius 1 is 1.40 bits per heavy atom. The molecule has 5 heteroatoms. The predicted molar refractivity (Wildman–Crippen MR) is 57.1 cm³/mol. The Morgan fingerprint density at radius 3 is 2.33 bits per heavy atom. The quantitative estimate of drug-likeness (QED) is 0.647. The van der Waals surface area contributed by atoms with Gasteiger partial charge < -0.3 is 16.0 Å². The van der Waals surface area contributed by atoms with Crippen LogP contribution in [0, 0.1) is 0 Å². The molecule has 0 bridgehead atoms. The van der Waals surface area contributed by atoms with Crippen molar-refractivity contribution in [3.05, 3.63) is 0 Å². The molecule has 0 aromatic carbocycles. The third kappa shape index (κ3) is 3.51. The maximum Gasteiger partial charge on any atom is 0.236 e. The standard InChI is InChI=1S/C10H19N3O2/c1-7(11)10(15)12-9-3-5-13(6-4-9)8(2)14/h7,9H,3-6,11H2,1-2H3,(H,12,15). The zero-order chi connectivity index (χ0) is 11.4. The minimum Gasteiger partial charge on any atom is -0.352 e. The van der Waals surface area contributed by atoms with E-state index in [4.69, 9.17) is 5.73 Å². The number of piperidine rings is 1. The van der Waals surface area contributed by atoms with Crippen molar-refractivity contribution in [1.82, 2.24) is 10.2 Å². The van der Waals surface area contributed by atoms with Crippen molar-refractivity contribution in [2.24, 2.45) is 5.73 Å². The first-order chi connectivity index (χ1) is 7.00. The monoisotopic (exact) mass is 213 g/mol. The Balaban J connectivity index is 2.32. The number of carbonyl (C=O) groups is 2. The predicted octanol–water partition coefficient (Wildman–Crippen LogP) is -0.539. The third-order valence-electron chi connectivity index (χ3n) is 2.70. The first-order valence-electron chi connectivity index (χ1n) is 5.32. The van der Waals surface area contributed by atoms with Gasteiger partial charge in [-0.25, -0.2) is 0 Å². The number of nitrogens with zero attached hydrogens (tertiary/aromatic N) is 1. The molecule has 1 atom stereocenters. The molecule has 1 heterocycles. The van der Waals surface area contributed by atoms with E-state index < -0.39 is 6.04 Å². The average molecular weight is 213 g/mol. The number of rotatable bonds is 2. The lowest BCUT2D eigenvalue weighted by molar-refractivity contribution is -0.130. The highest BCUT2D eigenvalue weighted by Crippen LogP contribution is 2.10. The molecule has 0 aromatic rings. The van der Waals surface area contributed by atoms with Gasteiger partial charge in [0.05, 0.1) is 6.04 Å². The van der Waals surface area contributed by atoms with Gasteiger partial charge in [-0.3, -0.25) is 9.59 Å². The fraction of sp³-hybridized carbons (Fsp3) is 0.800. The number of hydrogen-bond donors (Lipinski definition) is 2. The zero-order valence-corrected chi connectivity index (χ0v) is 9.32. The van der Waals surface area contributed by atoms with Crippen LogP contribution in [-0.4, -0.2) is 41.9 Å². The average Bonchev–Trinajstić information content (AvgIpc) is 2.18. The van der Waals surface area contributed by atoms with Crippen molar-refractivity contribution in [1.29, 1.82) is 0 Å². The summed E-state index contributed by atoms with van der Waals surface area (Å²) in [5.41, 5.74) is 5.45. The summed E-state index contributed by atoms with van der Waals surface area (Å²) in [6.45, 7) is 4.68. The number of nitrogens with two attached hydrogens (primary N) is 1. The second kappa shape index (κ2) is 5.11. The fourth-order valence-electron chi connectivity index (χ4n) is 1.67. The van der Waals surface area contributed by atoms with Crippen LogP contribution in [0.25, 0.3) is 0 Å². The molecule has 0 saturated carbocycles. The zero-order valence-electron chi connectivity index (χ0n) is 9.32. The van der Waals surface area contributed by atoms with Crippen LogP contribution in [0.3, 0.4) is 0 Å². The SMILES string of the molecule is CC(=O)N1CCC(NC(=O)C(C)N)CC1. The summed E-state index contributed by atoms with van der Waals surface area (Å²) in [5.74, 6) is -0.0109. The van der Waals surface area contributed by atoms with Crippen LogP contribution in [0.4, 0.5) is 0 Å². The molecule has 0 spiro atoms. The molecule has 1 aliphatic heterocycles. The highest BCUT2D eigenvalue weighted by molar-refractivity contribution is 5.81. The summed E-state index contributed by atoms with van der Waals surface area (Å²) in [7, 11) is 0. The van der Waals surface area contributed by atoms with E-state index >= 15 is 0 Å². The van der Waals surface area contributed by atoms with Gasteiger partial charge in [0.1, 0.15) is 0 Å². The van der Waals surface area contributed by atoms with Gasteiger partial charge in [-0.2, -0.15) is 0 Å². The molecule has 5 nitrogen and oxygen atoms in total. The molecule has 1 unspecified atom stereocenters. The number of amides is 2. The molecule has 1 aliphatic rings. The molecule has 1 fully saturated rings. The molecule has 0 radical (unpaired) electrons. The largest absolute Gasteiger partial charge is 0.352 e. The van der Waals surface area contributed by atoms with Crippen molar-refractivity contribution in [3.63, 3.8) is 0 Å². The smallest absolute Gasteiger partial charge is 0.236 e. The topological polar surface area (TPSA) is 75.4 Å². The highest BCUT2D eigenvalue weighted by Gasteiger charge is 2.22. The minimum atomic E-state index is -0.462. The summed E-state index contributed by atoms with van der Waals surface area (Å²) < 4.78 is 0. The van der Waals surface area contributed by atoms with Gasteiger partial charge in [0.25, 0.3) is 0 Å². The molecular weight excluding hydrogens is 194 g/mol. The van der Waals surface area contributed by atoms with Gasteiger partial charge in [0.15, 0.2) is 0 Å². The molecule has 15 heavy (non-hydrogen) atoms.